The molecule has 0 aromatic rings. The van der Waals surface area contributed by atoms with Crippen LogP contribution in [-0.4, -0.2) is 36.6 Å². The molecule has 1 N–H and O–H groups in total. The molecule has 0 saturated heterocycles. The van der Waals surface area contributed by atoms with Crippen molar-refractivity contribution in [2.45, 2.75) is 63.5 Å². The molecule has 0 spiro atoms. The Morgan fingerprint density at radius 3 is 2.72 bits per heavy atom. The summed E-state index contributed by atoms with van der Waals surface area (Å²) in [5.74, 6) is 0.949. The second-order valence-electron chi connectivity index (χ2n) is 6.13. The molecule has 0 aromatic carbocycles. The number of nitriles is 1. The van der Waals surface area contributed by atoms with Gasteiger partial charge in [0.2, 0.25) is 0 Å². The summed E-state index contributed by atoms with van der Waals surface area (Å²) in [5.41, 5.74) is -0.265. The minimum absolute atomic E-state index is 0.265. The van der Waals surface area contributed by atoms with Gasteiger partial charge >= 0.3 is 0 Å². The maximum atomic E-state index is 9.43. The number of hydrogen-bond donors (Lipinski definition) is 1. The highest BCUT2D eigenvalue weighted by Gasteiger charge is 2.38. The maximum Gasteiger partial charge on any atom is 0.108 e. The first-order valence-corrected chi connectivity index (χ1v) is 7.57. The molecule has 0 radical (unpaired) electrons. The van der Waals surface area contributed by atoms with Crippen molar-refractivity contribution >= 4 is 0 Å². The first-order valence-electron chi connectivity index (χ1n) is 7.57. The summed E-state index contributed by atoms with van der Waals surface area (Å²) in [4.78, 5) is 2.67. The third-order valence-electron chi connectivity index (χ3n) is 4.63. The Bertz CT molecular complexity index is 305. The fourth-order valence-corrected chi connectivity index (χ4v) is 3.28. The molecule has 2 unspecified atom stereocenters. The molecule has 0 heterocycles. The van der Waals surface area contributed by atoms with E-state index >= 15 is 0 Å². The van der Waals surface area contributed by atoms with Gasteiger partial charge in [0, 0.05) is 12.6 Å². The monoisotopic (exact) mass is 249 g/mol. The van der Waals surface area contributed by atoms with Crippen molar-refractivity contribution in [1.82, 2.24) is 10.2 Å². The van der Waals surface area contributed by atoms with Crippen molar-refractivity contribution in [3.8, 4) is 6.07 Å². The summed E-state index contributed by atoms with van der Waals surface area (Å²) in [6.07, 6.45) is 8.54. The van der Waals surface area contributed by atoms with Crippen LogP contribution < -0.4 is 5.32 Å². The molecule has 18 heavy (non-hydrogen) atoms. The van der Waals surface area contributed by atoms with Gasteiger partial charge in [0.1, 0.15) is 5.54 Å². The standard InChI is InChI=1S/C15H27N3/c1-3-9-18(11-13-6-7-13)14-5-4-8-15(10-14,12-16)17-2/h13-14,17H,3-11H2,1-2H3. The van der Waals surface area contributed by atoms with E-state index in [9.17, 15) is 5.26 Å². The van der Waals surface area contributed by atoms with E-state index in [1.165, 1.54) is 45.2 Å². The molecular weight excluding hydrogens is 222 g/mol. The molecular formula is C15H27N3. The van der Waals surface area contributed by atoms with Gasteiger partial charge in [0.15, 0.2) is 0 Å². The number of rotatable bonds is 6. The minimum atomic E-state index is -0.265. The summed E-state index contributed by atoms with van der Waals surface area (Å²) in [7, 11) is 1.94. The van der Waals surface area contributed by atoms with E-state index in [1.807, 2.05) is 7.05 Å². The van der Waals surface area contributed by atoms with Gasteiger partial charge in [-0.25, -0.2) is 0 Å². The second kappa shape index (κ2) is 6.04. The van der Waals surface area contributed by atoms with Crippen LogP contribution in [0.25, 0.3) is 0 Å². The molecule has 0 amide bonds. The zero-order valence-corrected chi connectivity index (χ0v) is 11.9. The fraction of sp³-hybridized carbons (Fsp3) is 0.933. The van der Waals surface area contributed by atoms with Gasteiger partial charge in [-0.3, -0.25) is 0 Å². The van der Waals surface area contributed by atoms with E-state index in [1.54, 1.807) is 0 Å². The first kappa shape index (κ1) is 13.8. The topological polar surface area (TPSA) is 39.1 Å². The molecule has 102 valence electrons. The van der Waals surface area contributed by atoms with E-state index in [2.05, 4.69) is 23.2 Å². The smallest absolute Gasteiger partial charge is 0.108 e. The van der Waals surface area contributed by atoms with Crippen LogP contribution in [0, 0.1) is 17.2 Å². The molecule has 2 saturated carbocycles. The van der Waals surface area contributed by atoms with Crippen molar-refractivity contribution in [3.05, 3.63) is 0 Å². The van der Waals surface area contributed by atoms with Gasteiger partial charge in [0.05, 0.1) is 6.07 Å². The lowest BCUT2D eigenvalue weighted by Gasteiger charge is -2.41. The third kappa shape index (κ3) is 3.24. The van der Waals surface area contributed by atoms with Crippen LogP contribution in [0.1, 0.15) is 51.9 Å². The average molecular weight is 249 g/mol. The molecule has 3 nitrogen and oxygen atoms in total. The molecule has 2 fully saturated rings. The van der Waals surface area contributed by atoms with Crippen LogP contribution in [-0.2, 0) is 0 Å². The van der Waals surface area contributed by atoms with Crippen molar-refractivity contribution < 1.29 is 0 Å². The molecule has 2 aliphatic rings. The van der Waals surface area contributed by atoms with Crippen molar-refractivity contribution in [1.29, 1.82) is 5.26 Å². The van der Waals surface area contributed by atoms with Crippen LogP contribution in [0.5, 0.6) is 0 Å². The average Bonchev–Trinajstić information content (AvgIpc) is 3.22. The Kier molecular flexibility index (Phi) is 4.64. The predicted octanol–water partition coefficient (Wildman–Crippen LogP) is 2.53. The van der Waals surface area contributed by atoms with E-state index in [0.717, 1.165) is 18.8 Å². The number of hydrogen-bond acceptors (Lipinski definition) is 3. The molecule has 0 bridgehead atoms. The van der Waals surface area contributed by atoms with E-state index in [-0.39, 0.29) is 5.54 Å². The summed E-state index contributed by atoms with van der Waals surface area (Å²) in [6.45, 7) is 4.73. The van der Waals surface area contributed by atoms with Gasteiger partial charge in [-0.05, 0) is 64.5 Å². The highest BCUT2D eigenvalue weighted by Crippen LogP contribution is 2.35. The Morgan fingerprint density at radius 1 is 1.39 bits per heavy atom. The zero-order valence-electron chi connectivity index (χ0n) is 11.9. The fourth-order valence-electron chi connectivity index (χ4n) is 3.28. The Balaban J connectivity index is 1.98. The number of nitrogens with one attached hydrogen (secondary N) is 1. The van der Waals surface area contributed by atoms with E-state index in [0.29, 0.717) is 6.04 Å². The molecule has 0 aliphatic heterocycles. The largest absolute Gasteiger partial charge is 0.302 e. The second-order valence-corrected chi connectivity index (χ2v) is 6.13. The maximum absolute atomic E-state index is 9.43. The Labute approximate surface area is 112 Å². The van der Waals surface area contributed by atoms with Crippen LogP contribution in [0.2, 0.25) is 0 Å². The first-order chi connectivity index (χ1) is 8.73. The van der Waals surface area contributed by atoms with E-state index in [4.69, 9.17) is 0 Å². The van der Waals surface area contributed by atoms with Crippen LogP contribution in [0.3, 0.4) is 0 Å². The van der Waals surface area contributed by atoms with Crippen LogP contribution in [0.15, 0.2) is 0 Å². The van der Waals surface area contributed by atoms with Gasteiger partial charge in [-0.2, -0.15) is 5.26 Å². The molecule has 2 rings (SSSR count). The van der Waals surface area contributed by atoms with Gasteiger partial charge in [0.25, 0.3) is 0 Å². The zero-order chi connectivity index (χ0) is 13.0. The molecule has 2 atom stereocenters. The SMILES string of the molecule is CCCN(CC1CC1)C1CCCC(C#N)(NC)C1. The lowest BCUT2D eigenvalue weighted by atomic mass is 9.79. The van der Waals surface area contributed by atoms with Gasteiger partial charge in [-0.15, -0.1) is 0 Å². The normalized spacial score (nSPS) is 32.4. The third-order valence-corrected chi connectivity index (χ3v) is 4.63. The predicted molar refractivity (Wildman–Crippen MR) is 74.2 cm³/mol. The molecule has 0 aromatic heterocycles. The summed E-state index contributed by atoms with van der Waals surface area (Å²) in [6, 6.07) is 3.14. The summed E-state index contributed by atoms with van der Waals surface area (Å²) < 4.78 is 0. The minimum Gasteiger partial charge on any atom is -0.302 e. The number of nitrogens with zero attached hydrogens (tertiary/aromatic N) is 2. The van der Waals surface area contributed by atoms with Crippen molar-refractivity contribution in [2.24, 2.45) is 5.92 Å². The van der Waals surface area contributed by atoms with E-state index < -0.39 is 0 Å². The highest BCUT2D eigenvalue weighted by molar-refractivity contribution is 5.10. The van der Waals surface area contributed by atoms with Crippen LogP contribution in [0.4, 0.5) is 0 Å². The molecule has 2 aliphatic carbocycles. The highest BCUT2D eigenvalue weighted by atomic mass is 15.2. The lowest BCUT2D eigenvalue weighted by Crippen LogP contribution is -2.52. The van der Waals surface area contributed by atoms with Gasteiger partial charge < -0.3 is 10.2 Å². The van der Waals surface area contributed by atoms with Crippen molar-refractivity contribution in [2.75, 3.05) is 20.1 Å². The van der Waals surface area contributed by atoms with Crippen LogP contribution >= 0.6 is 0 Å². The Hall–Kier alpha value is -0.590. The molecule has 3 heteroatoms. The Morgan fingerprint density at radius 2 is 2.17 bits per heavy atom. The lowest BCUT2D eigenvalue weighted by molar-refractivity contribution is 0.117. The van der Waals surface area contributed by atoms with Gasteiger partial charge in [-0.1, -0.05) is 6.92 Å². The summed E-state index contributed by atoms with van der Waals surface area (Å²) >= 11 is 0. The van der Waals surface area contributed by atoms with Crippen molar-refractivity contribution in [3.63, 3.8) is 0 Å². The quantitative estimate of drug-likeness (QED) is 0.786. The summed E-state index contributed by atoms with van der Waals surface area (Å²) in [5, 5.41) is 12.7.